The normalized spacial score (nSPS) is 10.6. The topological polar surface area (TPSA) is 121 Å². The van der Waals surface area contributed by atoms with Crippen molar-refractivity contribution in [1.29, 1.82) is 0 Å². The van der Waals surface area contributed by atoms with E-state index >= 15 is 0 Å². The molecule has 0 bridgehead atoms. The highest BCUT2D eigenvalue weighted by molar-refractivity contribution is 5.98. The van der Waals surface area contributed by atoms with Crippen molar-refractivity contribution < 1.29 is 19.4 Å². The van der Waals surface area contributed by atoms with Crippen LogP contribution >= 0.6 is 0 Å². The van der Waals surface area contributed by atoms with Crippen LogP contribution in [-0.4, -0.2) is 34.1 Å². The van der Waals surface area contributed by atoms with Gasteiger partial charge < -0.3 is 20.1 Å². The van der Waals surface area contributed by atoms with E-state index in [0.29, 0.717) is 11.0 Å². The van der Waals surface area contributed by atoms with Gasteiger partial charge >= 0.3 is 5.97 Å². The van der Waals surface area contributed by atoms with Crippen LogP contribution in [0.25, 0.3) is 11.0 Å². The van der Waals surface area contributed by atoms with Gasteiger partial charge in [0.05, 0.1) is 23.8 Å². The Morgan fingerprint density at radius 2 is 1.96 bits per heavy atom. The Kier molecular flexibility index (Phi) is 5.16. The number of benzene rings is 2. The van der Waals surface area contributed by atoms with E-state index in [-0.39, 0.29) is 41.1 Å². The third-order valence-corrected chi connectivity index (χ3v) is 3.97. The maximum absolute atomic E-state index is 12.2. The summed E-state index contributed by atoms with van der Waals surface area (Å²) >= 11 is 0. The van der Waals surface area contributed by atoms with Crippen molar-refractivity contribution in [3.63, 3.8) is 0 Å². The monoisotopic (exact) mass is 367 g/mol. The molecule has 27 heavy (non-hydrogen) atoms. The zero-order valence-electron chi connectivity index (χ0n) is 14.5. The first-order valence-corrected chi connectivity index (χ1v) is 8.17. The molecule has 3 rings (SSSR count). The number of hydrogen-bond donors (Lipinski definition) is 3. The third kappa shape index (κ3) is 3.95. The molecule has 3 aromatic rings. The summed E-state index contributed by atoms with van der Waals surface area (Å²) in [6.07, 6.45) is 0.111. The molecule has 0 fully saturated rings. The Morgan fingerprint density at radius 1 is 1.19 bits per heavy atom. The number of fused-ring (bicyclic) bond motifs is 1. The average Bonchev–Trinajstić information content (AvgIpc) is 2.67. The summed E-state index contributed by atoms with van der Waals surface area (Å²) < 4.78 is 4.57. The predicted molar refractivity (Wildman–Crippen MR) is 98.8 cm³/mol. The van der Waals surface area contributed by atoms with Crippen LogP contribution in [0, 0.1) is 0 Å². The number of aromatic hydroxyl groups is 1. The Morgan fingerprint density at radius 3 is 2.74 bits per heavy atom. The van der Waals surface area contributed by atoms with Crippen LogP contribution in [0.15, 0.2) is 47.3 Å². The molecule has 0 aliphatic carbocycles. The van der Waals surface area contributed by atoms with Gasteiger partial charge in [0.25, 0.3) is 5.56 Å². The number of H-pyrrole nitrogens is 1. The summed E-state index contributed by atoms with van der Waals surface area (Å²) in [7, 11) is 1.20. The van der Waals surface area contributed by atoms with Crippen molar-refractivity contribution in [3.8, 4) is 5.75 Å². The first-order chi connectivity index (χ1) is 13.0. The van der Waals surface area contributed by atoms with Crippen LogP contribution in [0.3, 0.4) is 0 Å². The number of amides is 1. The molecule has 0 aliphatic heterocycles. The van der Waals surface area contributed by atoms with Crippen LogP contribution in [-0.2, 0) is 16.0 Å². The zero-order valence-corrected chi connectivity index (χ0v) is 14.5. The van der Waals surface area contributed by atoms with E-state index in [1.165, 1.54) is 25.3 Å². The molecule has 0 unspecified atom stereocenters. The van der Waals surface area contributed by atoms with Crippen LogP contribution in [0.5, 0.6) is 5.75 Å². The molecular formula is C19H17N3O5. The second-order valence-corrected chi connectivity index (χ2v) is 5.77. The predicted octanol–water partition coefficient (Wildman–Crippen LogP) is 1.99. The molecule has 0 atom stereocenters. The SMILES string of the molecule is COC(=O)c1cccc(NC(=O)CCc2nc3ccccc3[nH]c2=O)c1O. The summed E-state index contributed by atoms with van der Waals surface area (Å²) in [5.41, 5.74) is 1.19. The van der Waals surface area contributed by atoms with Gasteiger partial charge in [-0.05, 0) is 24.3 Å². The van der Waals surface area contributed by atoms with Crippen LogP contribution in [0.1, 0.15) is 22.5 Å². The number of anilines is 1. The first-order valence-electron chi connectivity index (χ1n) is 8.17. The van der Waals surface area contributed by atoms with Gasteiger partial charge in [-0.3, -0.25) is 9.59 Å². The molecule has 138 valence electrons. The maximum atomic E-state index is 12.2. The number of hydrogen-bond acceptors (Lipinski definition) is 6. The fraction of sp³-hybridized carbons (Fsp3) is 0.158. The lowest BCUT2D eigenvalue weighted by atomic mass is 10.1. The van der Waals surface area contributed by atoms with Crippen LogP contribution in [0.2, 0.25) is 0 Å². The highest BCUT2D eigenvalue weighted by Gasteiger charge is 2.16. The molecule has 2 aromatic carbocycles. The van der Waals surface area contributed by atoms with E-state index in [2.05, 4.69) is 20.0 Å². The van der Waals surface area contributed by atoms with Gasteiger partial charge in [-0.2, -0.15) is 0 Å². The van der Waals surface area contributed by atoms with Crippen molar-refractivity contribution in [3.05, 3.63) is 64.1 Å². The number of aromatic nitrogens is 2. The standard InChI is InChI=1S/C19H17N3O5/c1-27-19(26)11-5-4-8-14(17(11)24)21-16(23)10-9-15-18(25)22-13-7-3-2-6-12(13)20-15/h2-8,24H,9-10H2,1H3,(H,21,23)(H,22,25). The van der Waals surface area contributed by atoms with E-state index in [1.54, 1.807) is 24.3 Å². The minimum atomic E-state index is -0.713. The quantitative estimate of drug-likeness (QED) is 0.468. The second kappa shape index (κ2) is 7.69. The molecule has 1 aromatic heterocycles. The molecule has 0 saturated carbocycles. The number of methoxy groups -OCH3 is 1. The van der Waals surface area contributed by atoms with Gasteiger partial charge in [-0.25, -0.2) is 9.78 Å². The fourth-order valence-electron chi connectivity index (χ4n) is 2.60. The molecule has 0 saturated heterocycles. The molecule has 0 spiro atoms. The highest BCUT2D eigenvalue weighted by Crippen LogP contribution is 2.28. The lowest BCUT2D eigenvalue weighted by Crippen LogP contribution is -2.19. The number of aryl methyl sites for hydroxylation is 1. The lowest BCUT2D eigenvalue weighted by Gasteiger charge is -2.10. The molecule has 0 radical (unpaired) electrons. The number of carbonyl (C=O) groups excluding carboxylic acids is 2. The van der Waals surface area contributed by atoms with E-state index in [1.807, 2.05) is 0 Å². The molecule has 8 heteroatoms. The first kappa shape index (κ1) is 18.1. The molecule has 0 aliphatic rings. The summed E-state index contributed by atoms with van der Waals surface area (Å²) in [6, 6.07) is 11.5. The van der Waals surface area contributed by atoms with E-state index in [4.69, 9.17) is 0 Å². The van der Waals surface area contributed by atoms with Crippen molar-refractivity contribution in [2.75, 3.05) is 12.4 Å². The molecule has 3 N–H and O–H groups in total. The van der Waals surface area contributed by atoms with Gasteiger partial charge in [-0.1, -0.05) is 18.2 Å². The van der Waals surface area contributed by atoms with Crippen LogP contribution in [0.4, 0.5) is 5.69 Å². The summed E-state index contributed by atoms with van der Waals surface area (Å²) in [5.74, 6) is -1.52. The summed E-state index contributed by atoms with van der Waals surface area (Å²) in [6.45, 7) is 0. The number of phenols is 1. The Balaban J connectivity index is 1.71. The number of esters is 1. The second-order valence-electron chi connectivity index (χ2n) is 5.77. The Labute approximate surface area is 153 Å². The number of phenolic OH excluding ortho intramolecular Hbond substituents is 1. The number of para-hydroxylation sites is 3. The highest BCUT2D eigenvalue weighted by atomic mass is 16.5. The average molecular weight is 367 g/mol. The van der Waals surface area contributed by atoms with Gasteiger partial charge in [0.2, 0.25) is 5.91 Å². The van der Waals surface area contributed by atoms with E-state index < -0.39 is 11.9 Å². The van der Waals surface area contributed by atoms with E-state index in [9.17, 15) is 19.5 Å². The van der Waals surface area contributed by atoms with Crippen LogP contribution < -0.4 is 10.9 Å². The molecule has 8 nitrogen and oxygen atoms in total. The van der Waals surface area contributed by atoms with Gasteiger partial charge in [0.1, 0.15) is 11.3 Å². The van der Waals surface area contributed by atoms with Gasteiger partial charge in [0.15, 0.2) is 5.75 Å². The van der Waals surface area contributed by atoms with Gasteiger partial charge in [-0.15, -0.1) is 0 Å². The lowest BCUT2D eigenvalue weighted by molar-refractivity contribution is -0.116. The minimum absolute atomic E-state index is 0.0175. The maximum Gasteiger partial charge on any atom is 0.341 e. The van der Waals surface area contributed by atoms with Crippen molar-refractivity contribution in [2.45, 2.75) is 12.8 Å². The molecular weight excluding hydrogens is 350 g/mol. The van der Waals surface area contributed by atoms with E-state index in [0.717, 1.165) is 0 Å². The molecule has 1 amide bonds. The van der Waals surface area contributed by atoms with Gasteiger partial charge in [0, 0.05) is 12.8 Å². The number of ether oxygens (including phenoxy) is 1. The number of carbonyl (C=O) groups is 2. The number of nitrogens with one attached hydrogen (secondary N) is 2. The Hall–Kier alpha value is -3.68. The third-order valence-electron chi connectivity index (χ3n) is 3.97. The zero-order chi connectivity index (χ0) is 19.4. The minimum Gasteiger partial charge on any atom is -0.505 e. The van der Waals surface area contributed by atoms with Crippen molar-refractivity contribution in [2.24, 2.45) is 0 Å². The number of aromatic amines is 1. The van der Waals surface area contributed by atoms with Crippen molar-refractivity contribution >= 4 is 28.6 Å². The summed E-state index contributed by atoms with van der Waals surface area (Å²) in [5, 5.41) is 12.6. The van der Waals surface area contributed by atoms with Crippen molar-refractivity contribution in [1.82, 2.24) is 9.97 Å². The fourth-order valence-corrected chi connectivity index (χ4v) is 2.60. The molecule has 1 heterocycles. The number of rotatable bonds is 5. The summed E-state index contributed by atoms with van der Waals surface area (Å²) in [4.78, 5) is 42.9. The Bertz CT molecular complexity index is 1070. The number of nitrogens with zero attached hydrogens (tertiary/aromatic N) is 1. The smallest absolute Gasteiger partial charge is 0.341 e. The largest absolute Gasteiger partial charge is 0.505 e.